The topological polar surface area (TPSA) is 38.0 Å². The van der Waals surface area contributed by atoms with Gasteiger partial charge in [0.1, 0.15) is 11.6 Å². The number of benzene rings is 2. The van der Waals surface area contributed by atoms with Crippen molar-refractivity contribution in [3.05, 3.63) is 47.5 Å². The molecule has 3 rings (SSSR count). The van der Waals surface area contributed by atoms with Crippen LogP contribution in [-0.2, 0) is 6.54 Å². The number of phenolic OH excluding ortho intramolecular Hbond substituents is 1. The number of aryl methyl sites for hydroxylation is 3. The van der Waals surface area contributed by atoms with Gasteiger partial charge in [-0.15, -0.1) is 0 Å². The predicted molar refractivity (Wildman–Crippen MR) is 82.0 cm³/mol. The summed E-state index contributed by atoms with van der Waals surface area (Å²) in [6, 6.07) is 12.0. The molecular weight excluding hydrogens is 248 g/mol. The van der Waals surface area contributed by atoms with Gasteiger partial charge in [-0.25, -0.2) is 4.98 Å². The number of hydrogen-bond acceptors (Lipinski definition) is 2. The second-order valence-corrected chi connectivity index (χ2v) is 5.19. The number of imidazole rings is 1. The van der Waals surface area contributed by atoms with Gasteiger partial charge in [0.15, 0.2) is 0 Å². The Hall–Kier alpha value is -2.29. The molecule has 0 saturated carbocycles. The molecule has 0 bridgehead atoms. The molecule has 20 heavy (non-hydrogen) atoms. The SMILES string of the molecule is CCn1c(-c2ccc(C)cc2O)nc2cc(C)ccc21. The lowest BCUT2D eigenvalue weighted by atomic mass is 10.1. The van der Waals surface area contributed by atoms with Crippen LogP contribution >= 0.6 is 0 Å². The van der Waals surface area contributed by atoms with E-state index in [0.717, 1.165) is 34.5 Å². The first-order valence-electron chi connectivity index (χ1n) is 6.87. The number of phenols is 1. The summed E-state index contributed by atoms with van der Waals surface area (Å²) in [5.41, 5.74) is 5.10. The van der Waals surface area contributed by atoms with Crippen molar-refractivity contribution in [1.29, 1.82) is 0 Å². The summed E-state index contributed by atoms with van der Waals surface area (Å²) < 4.78 is 2.14. The standard InChI is InChI=1S/C17H18N2O/c1-4-19-15-8-6-11(2)9-14(15)18-17(19)13-7-5-12(3)10-16(13)20/h5-10,20H,4H2,1-3H3. The van der Waals surface area contributed by atoms with Crippen LogP contribution < -0.4 is 0 Å². The Kier molecular flexibility index (Phi) is 2.97. The minimum Gasteiger partial charge on any atom is -0.507 e. The molecule has 0 aliphatic heterocycles. The third-order valence-electron chi connectivity index (χ3n) is 3.61. The molecule has 0 fully saturated rings. The van der Waals surface area contributed by atoms with Crippen LogP contribution in [0.4, 0.5) is 0 Å². The fourth-order valence-corrected chi connectivity index (χ4v) is 2.60. The first-order valence-corrected chi connectivity index (χ1v) is 6.87. The zero-order valence-corrected chi connectivity index (χ0v) is 12.0. The zero-order chi connectivity index (χ0) is 14.3. The molecule has 3 heteroatoms. The van der Waals surface area contributed by atoms with Crippen molar-refractivity contribution in [3.63, 3.8) is 0 Å². The number of rotatable bonds is 2. The molecule has 0 atom stereocenters. The molecule has 0 amide bonds. The summed E-state index contributed by atoms with van der Waals surface area (Å²) in [7, 11) is 0. The second-order valence-electron chi connectivity index (χ2n) is 5.19. The average Bonchev–Trinajstić information content (AvgIpc) is 2.75. The minimum absolute atomic E-state index is 0.284. The Morgan fingerprint density at radius 1 is 1.05 bits per heavy atom. The van der Waals surface area contributed by atoms with Gasteiger partial charge >= 0.3 is 0 Å². The average molecular weight is 266 g/mol. The largest absolute Gasteiger partial charge is 0.507 e. The van der Waals surface area contributed by atoms with Gasteiger partial charge in [-0.3, -0.25) is 0 Å². The zero-order valence-electron chi connectivity index (χ0n) is 12.0. The first-order chi connectivity index (χ1) is 9.60. The van der Waals surface area contributed by atoms with E-state index in [1.165, 1.54) is 5.56 Å². The van der Waals surface area contributed by atoms with Crippen molar-refractivity contribution in [1.82, 2.24) is 9.55 Å². The normalized spacial score (nSPS) is 11.2. The quantitative estimate of drug-likeness (QED) is 0.760. The van der Waals surface area contributed by atoms with Crippen molar-refractivity contribution in [2.75, 3.05) is 0 Å². The Morgan fingerprint density at radius 3 is 2.45 bits per heavy atom. The molecule has 3 aromatic rings. The fourth-order valence-electron chi connectivity index (χ4n) is 2.60. The fraction of sp³-hybridized carbons (Fsp3) is 0.235. The van der Waals surface area contributed by atoms with E-state index < -0.39 is 0 Å². The summed E-state index contributed by atoms with van der Waals surface area (Å²) >= 11 is 0. The lowest BCUT2D eigenvalue weighted by Crippen LogP contribution is -1.97. The van der Waals surface area contributed by atoms with Crippen molar-refractivity contribution < 1.29 is 5.11 Å². The first kappa shape index (κ1) is 12.7. The van der Waals surface area contributed by atoms with Gasteiger partial charge in [-0.05, 0) is 56.2 Å². The number of nitrogens with zero attached hydrogens (tertiary/aromatic N) is 2. The Balaban J connectivity index is 2.30. The van der Waals surface area contributed by atoms with E-state index in [-0.39, 0.29) is 5.75 Å². The maximum atomic E-state index is 10.2. The lowest BCUT2D eigenvalue weighted by molar-refractivity contribution is 0.476. The molecule has 3 nitrogen and oxygen atoms in total. The van der Waals surface area contributed by atoms with E-state index >= 15 is 0 Å². The highest BCUT2D eigenvalue weighted by atomic mass is 16.3. The van der Waals surface area contributed by atoms with Crippen LogP contribution in [0, 0.1) is 13.8 Å². The van der Waals surface area contributed by atoms with E-state index in [9.17, 15) is 5.11 Å². The highest BCUT2D eigenvalue weighted by Gasteiger charge is 2.14. The third-order valence-corrected chi connectivity index (χ3v) is 3.61. The van der Waals surface area contributed by atoms with Crippen LogP contribution in [-0.4, -0.2) is 14.7 Å². The van der Waals surface area contributed by atoms with Crippen LogP contribution in [0.15, 0.2) is 36.4 Å². The molecule has 0 unspecified atom stereocenters. The summed E-state index contributed by atoms with van der Waals surface area (Å²) in [6.45, 7) is 6.95. The van der Waals surface area contributed by atoms with E-state index in [0.29, 0.717) is 0 Å². The van der Waals surface area contributed by atoms with Crippen LogP contribution in [0.5, 0.6) is 5.75 Å². The van der Waals surface area contributed by atoms with Crippen molar-refractivity contribution in [3.8, 4) is 17.1 Å². The van der Waals surface area contributed by atoms with Gasteiger partial charge in [0.05, 0.1) is 16.6 Å². The second kappa shape index (κ2) is 4.67. The van der Waals surface area contributed by atoms with Crippen LogP contribution in [0.1, 0.15) is 18.1 Å². The van der Waals surface area contributed by atoms with E-state index in [4.69, 9.17) is 4.98 Å². The van der Waals surface area contributed by atoms with E-state index in [1.54, 1.807) is 6.07 Å². The smallest absolute Gasteiger partial charge is 0.144 e. The van der Waals surface area contributed by atoms with Gasteiger partial charge in [-0.1, -0.05) is 12.1 Å². The Morgan fingerprint density at radius 2 is 1.75 bits per heavy atom. The lowest BCUT2D eigenvalue weighted by Gasteiger charge is -2.08. The molecule has 2 aromatic carbocycles. The van der Waals surface area contributed by atoms with Crippen molar-refractivity contribution in [2.45, 2.75) is 27.3 Å². The minimum atomic E-state index is 0.284. The molecule has 102 valence electrons. The molecule has 0 saturated heterocycles. The number of fused-ring (bicyclic) bond motifs is 1. The molecular formula is C17H18N2O. The van der Waals surface area contributed by atoms with Crippen LogP contribution in [0.3, 0.4) is 0 Å². The Bertz CT molecular complexity index is 787. The monoisotopic (exact) mass is 266 g/mol. The summed E-state index contributed by atoms with van der Waals surface area (Å²) in [5, 5.41) is 10.2. The maximum Gasteiger partial charge on any atom is 0.144 e. The van der Waals surface area contributed by atoms with Gasteiger partial charge in [0.2, 0.25) is 0 Å². The highest BCUT2D eigenvalue weighted by molar-refractivity contribution is 5.82. The Labute approximate surface area is 118 Å². The van der Waals surface area contributed by atoms with Gasteiger partial charge in [0.25, 0.3) is 0 Å². The summed E-state index contributed by atoms with van der Waals surface area (Å²) in [4.78, 5) is 4.71. The molecule has 1 aromatic heterocycles. The van der Waals surface area contributed by atoms with Crippen LogP contribution in [0.25, 0.3) is 22.4 Å². The van der Waals surface area contributed by atoms with Crippen LogP contribution in [0.2, 0.25) is 0 Å². The third kappa shape index (κ3) is 1.95. The number of hydrogen-bond donors (Lipinski definition) is 1. The van der Waals surface area contributed by atoms with Gasteiger partial charge in [-0.2, -0.15) is 0 Å². The molecule has 0 aliphatic carbocycles. The van der Waals surface area contributed by atoms with Gasteiger partial charge < -0.3 is 9.67 Å². The van der Waals surface area contributed by atoms with E-state index in [2.05, 4.69) is 36.6 Å². The number of aromatic nitrogens is 2. The molecule has 0 radical (unpaired) electrons. The predicted octanol–water partition coefficient (Wildman–Crippen LogP) is 4.05. The molecule has 1 heterocycles. The van der Waals surface area contributed by atoms with Crippen molar-refractivity contribution in [2.24, 2.45) is 0 Å². The van der Waals surface area contributed by atoms with Crippen molar-refractivity contribution >= 4 is 11.0 Å². The molecule has 1 N–H and O–H groups in total. The van der Waals surface area contributed by atoms with Gasteiger partial charge in [0, 0.05) is 6.54 Å². The molecule has 0 aliphatic rings. The molecule has 0 spiro atoms. The van der Waals surface area contributed by atoms with E-state index in [1.807, 2.05) is 19.1 Å². The summed E-state index contributed by atoms with van der Waals surface area (Å²) in [5.74, 6) is 1.11. The number of aromatic hydroxyl groups is 1. The maximum absolute atomic E-state index is 10.2. The highest BCUT2D eigenvalue weighted by Crippen LogP contribution is 2.32. The summed E-state index contributed by atoms with van der Waals surface area (Å²) in [6.07, 6.45) is 0.